The Labute approximate surface area is 108 Å². The summed E-state index contributed by atoms with van der Waals surface area (Å²) in [5.41, 5.74) is 2.19. The third-order valence-electron chi connectivity index (χ3n) is 1.36. The summed E-state index contributed by atoms with van der Waals surface area (Å²) < 4.78 is 0. The predicted molar refractivity (Wildman–Crippen MR) is 32.9 cm³/mol. The van der Waals surface area contributed by atoms with Crippen molar-refractivity contribution >= 4 is 6.29 Å². The first-order valence-electron chi connectivity index (χ1n) is 2.65. The van der Waals surface area contributed by atoms with Crippen LogP contribution in [0.5, 0.6) is 0 Å². The molecule has 0 unspecified atom stereocenters. The molecule has 0 fully saturated rings. The van der Waals surface area contributed by atoms with Gasteiger partial charge in [0.1, 0.15) is 0 Å². The van der Waals surface area contributed by atoms with Crippen LogP contribution in [0.3, 0.4) is 0 Å². The van der Waals surface area contributed by atoms with Crippen molar-refractivity contribution in [3.63, 3.8) is 0 Å². The molecule has 3 nitrogen and oxygen atoms in total. The van der Waals surface area contributed by atoms with Crippen molar-refractivity contribution in [2.45, 2.75) is 13.8 Å². The topological polar surface area (TPSA) is 45.8 Å². The maximum absolute atomic E-state index is 10.0. The Morgan fingerprint density at radius 3 is 2.30 bits per heavy atom. The van der Waals surface area contributed by atoms with Crippen molar-refractivity contribution in [2.24, 2.45) is 0 Å². The summed E-state index contributed by atoms with van der Waals surface area (Å²) in [4.78, 5) is 10.0. The molecule has 1 rings (SSSR count). The monoisotopic (exact) mass is 208 g/mol. The van der Waals surface area contributed by atoms with Crippen LogP contribution in [0.25, 0.3) is 0 Å². The van der Waals surface area contributed by atoms with Crippen LogP contribution in [0.2, 0.25) is 0 Å². The Morgan fingerprint density at radius 1 is 1.50 bits per heavy atom. The molecule has 0 aliphatic heterocycles. The molecule has 0 spiro atoms. The molecule has 0 aliphatic rings. The van der Waals surface area contributed by atoms with E-state index in [4.69, 9.17) is 0 Å². The minimum atomic E-state index is 0. The van der Waals surface area contributed by atoms with Gasteiger partial charge >= 0.3 is 58.2 Å². The molecule has 0 bridgehead atoms. The van der Waals surface area contributed by atoms with Gasteiger partial charge in [0.25, 0.3) is 0 Å². The van der Waals surface area contributed by atoms with Crippen molar-refractivity contribution in [1.29, 1.82) is 0 Å². The van der Waals surface area contributed by atoms with Crippen molar-refractivity contribution in [1.82, 2.24) is 10.2 Å². The number of hydrogen-bond acceptors (Lipinski definition) is 2. The molecular weight excluding hydrogens is 202 g/mol. The Hall–Kier alpha value is 0.685. The predicted octanol–water partition coefficient (Wildman–Crippen LogP) is -2.51. The first-order chi connectivity index (χ1) is 4.25. The van der Waals surface area contributed by atoms with E-state index < -0.39 is 0 Å². The SMILES string of the molecule is Cc1n[nH]c([C-]=O)c1C.[Rb+]. The van der Waals surface area contributed by atoms with Crippen LogP contribution in [-0.2, 0) is 4.79 Å². The smallest absolute Gasteiger partial charge is 0.417 e. The molecule has 1 aromatic rings. The van der Waals surface area contributed by atoms with Crippen LogP contribution in [-0.4, -0.2) is 16.5 Å². The number of nitrogens with zero attached hydrogens (tertiary/aromatic N) is 1. The summed E-state index contributed by atoms with van der Waals surface area (Å²) in [6, 6.07) is 0. The molecule has 0 aliphatic carbocycles. The molecule has 0 atom stereocenters. The molecule has 0 radical (unpaired) electrons. The molecule has 1 aromatic heterocycles. The number of rotatable bonds is 1. The van der Waals surface area contributed by atoms with Gasteiger partial charge in [0.15, 0.2) is 0 Å². The molecule has 0 saturated heterocycles. The van der Waals surface area contributed by atoms with Crippen LogP contribution in [0.1, 0.15) is 17.0 Å². The second-order valence-corrected chi connectivity index (χ2v) is 1.91. The Morgan fingerprint density at radius 2 is 2.10 bits per heavy atom. The van der Waals surface area contributed by atoms with Gasteiger partial charge in [-0.2, -0.15) is 0 Å². The molecule has 0 amide bonds. The number of aromatic amines is 1. The van der Waals surface area contributed by atoms with E-state index in [1.807, 2.05) is 13.8 Å². The van der Waals surface area contributed by atoms with E-state index in [2.05, 4.69) is 10.2 Å². The van der Waals surface area contributed by atoms with E-state index in [1.165, 1.54) is 0 Å². The summed E-state index contributed by atoms with van der Waals surface area (Å²) in [6.45, 7) is 3.67. The van der Waals surface area contributed by atoms with E-state index in [9.17, 15) is 4.79 Å². The zero-order valence-electron chi connectivity index (χ0n) is 6.36. The summed E-state index contributed by atoms with van der Waals surface area (Å²) in [6.07, 6.45) is 1.75. The van der Waals surface area contributed by atoms with Crippen LogP contribution < -0.4 is 58.2 Å². The van der Waals surface area contributed by atoms with Gasteiger partial charge in [-0.05, 0) is 12.6 Å². The first kappa shape index (κ1) is 10.7. The molecule has 1 N–H and O–H groups in total. The second-order valence-electron chi connectivity index (χ2n) is 1.91. The number of H-pyrrole nitrogens is 1. The first-order valence-corrected chi connectivity index (χ1v) is 2.65. The molecule has 0 saturated carbocycles. The van der Waals surface area contributed by atoms with Crippen molar-refractivity contribution in [3.8, 4) is 0 Å². The van der Waals surface area contributed by atoms with E-state index >= 15 is 0 Å². The Balaban J connectivity index is 0.000000810. The molecule has 48 valence electrons. The van der Waals surface area contributed by atoms with Gasteiger partial charge in [-0.1, -0.05) is 5.69 Å². The molecular formula is C6H7N2ORb. The number of aryl methyl sites for hydroxylation is 1. The van der Waals surface area contributed by atoms with Gasteiger partial charge in [-0.3, -0.25) is 0 Å². The number of hydrogen-bond donors (Lipinski definition) is 1. The molecule has 10 heavy (non-hydrogen) atoms. The zero-order valence-corrected chi connectivity index (χ0v) is 11.3. The van der Waals surface area contributed by atoms with E-state index in [-0.39, 0.29) is 58.2 Å². The molecule has 0 aromatic carbocycles. The average Bonchev–Trinajstić information content (AvgIpc) is 2.15. The molecule has 4 heteroatoms. The molecule has 1 heterocycles. The van der Waals surface area contributed by atoms with Gasteiger partial charge in [0, 0.05) is 6.29 Å². The minimum absolute atomic E-state index is 0. The van der Waals surface area contributed by atoms with E-state index in [0.717, 1.165) is 11.3 Å². The van der Waals surface area contributed by atoms with Gasteiger partial charge in [0.2, 0.25) is 0 Å². The van der Waals surface area contributed by atoms with Crippen molar-refractivity contribution in [2.75, 3.05) is 0 Å². The van der Waals surface area contributed by atoms with Crippen LogP contribution >= 0.6 is 0 Å². The third-order valence-corrected chi connectivity index (χ3v) is 1.36. The fraction of sp³-hybridized carbons (Fsp3) is 0.333. The quantitative estimate of drug-likeness (QED) is 0.519. The second kappa shape index (κ2) is 4.54. The fourth-order valence-electron chi connectivity index (χ4n) is 0.588. The average molecular weight is 209 g/mol. The van der Waals surface area contributed by atoms with Gasteiger partial charge in [0.05, 0.1) is 0 Å². The largest absolute Gasteiger partial charge is 1.00 e. The summed E-state index contributed by atoms with van der Waals surface area (Å²) in [5.74, 6) is 0. The van der Waals surface area contributed by atoms with Crippen molar-refractivity contribution < 1.29 is 63.0 Å². The van der Waals surface area contributed by atoms with Crippen LogP contribution in [0, 0.1) is 13.8 Å². The van der Waals surface area contributed by atoms with Crippen LogP contribution in [0.4, 0.5) is 0 Å². The third kappa shape index (κ3) is 2.09. The fourth-order valence-corrected chi connectivity index (χ4v) is 0.588. The number of carbonyl (C=O) groups excluding carboxylic acids is 1. The Kier molecular flexibility index (Phi) is 4.85. The van der Waals surface area contributed by atoms with E-state index in [0.29, 0.717) is 5.69 Å². The summed E-state index contributed by atoms with van der Waals surface area (Å²) in [5, 5.41) is 6.35. The number of nitrogens with one attached hydrogen (secondary N) is 1. The standard InChI is InChI=1S/C6H7N2O.Rb/c1-4-5(2)7-8-6(4)3-9;/h1-2H3,(H,7,8);/q-1;+1. The zero-order chi connectivity index (χ0) is 6.85. The normalized spacial score (nSPS) is 8.60. The maximum Gasteiger partial charge on any atom is 1.00 e. The Bertz CT molecular complexity index is 232. The van der Waals surface area contributed by atoms with E-state index in [1.54, 1.807) is 6.29 Å². The van der Waals surface area contributed by atoms with Crippen LogP contribution in [0.15, 0.2) is 0 Å². The minimum Gasteiger partial charge on any atom is -0.417 e. The van der Waals surface area contributed by atoms with Gasteiger partial charge in [-0.15, -0.1) is 12.5 Å². The summed E-state index contributed by atoms with van der Waals surface area (Å²) >= 11 is 0. The number of aromatic nitrogens is 2. The summed E-state index contributed by atoms with van der Waals surface area (Å²) in [7, 11) is 0. The van der Waals surface area contributed by atoms with Gasteiger partial charge in [-0.25, -0.2) is 5.10 Å². The maximum atomic E-state index is 10.0. The van der Waals surface area contributed by atoms with Gasteiger partial charge < -0.3 is 9.89 Å². The van der Waals surface area contributed by atoms with Crippen molar-refractivity contribution in [3.05, 3.63) is 17.0 Å².